The Kier molecular flexibility index (Phi) is 4.39. The van der Waals surface area contributed by atoms with Gasteiger partial charge in [0.15, 0.2) is 0 Å². The Morgan fingerprint density at radius 3 is 2.15 bits per heavy atom. The van der Waals surface area contributed by atoms with Crippen molar-refractivity contribution < 1.29 is 14.4 Å². The minimum atomic E-state index is -0.776. The number of amides is 3. The van der Waals surface area contributed by atoms with Crippen molar-refractivity contribution in [1.29, 1.82) is 0 Å². The molecule has 1 aromatic rings. The maximum Gasteiger partial charge on any atom is 0.243 e. The first-order valence-corrected chi connectivity index (χ1v) is 9.48. The zero-order valence-corrected chi connectivity index (χ0v) is 14.9. The summed E-state index contributed by atoms with van der Waals surface area (Å²) in [7, 11) is 0. The van der Waals surface area contributed by atoms with E-state index in [-0.39, 0.29) is 41.4 Å². The van der Waals surface area contributed by atoms with Gasteiger partial charge in [-0.25, -0.2) is 0 Å². The number of nitrogens with one attached hydrogen (secondary N) is 1. The van der Waals surface area contributed by atoms with Crippen LogP contribution in [0.1, 0.15) is 25.3 Å². The van der Waals surface area contributed by atoms with Crippen LogP contribution in [-0.4, -0.2) is 35.2 Å². The van der Waals surface area contributed by atoms with E-state index in [4.69, 9.17) is 0 Å². The first-order valence-electron chi connectivity index (χ1n) is 9.48. The van der Waals surface area contributed by atoms with Gasteiger partial charge in [-0.15, -0.1) is 0 Å². The summed E-state index contributed by atoms with van der Waals surface area (Å²) in [6.45, 7) is 2.31. The average Bonchev–Trinajstić information content (AvgIpc) is 2.95. The predicted octanol–water partition coefficient (Wildman–Crippen LogP) is 1.93. The summed E-state index contributed by atoms with van der Waals surface area (Å²) in [4.78, 5) is 40.4. The van der Waals surface area contributed by atoms with E-state index >= 15 is 0 Å². The summed E-state index contributed by atoms with van der Waals surface area (Å²) in [5.41, 5.74) is 0.945. The summed E-state index contributed by atoms with van der Waals surface area (Å²) >= 11 is 0. The van der Waals surface area contributed by atoms with Gasteiger partial charge in [0.1, 0.15) is 6.04 Å². The Morgan fingerprint density at radius 1 is 1.08 bits per heavy atom. The Balaban J connectivity index is 1.66. The molecule has 1 saturated heterocycles. The molecule has 0 aromatic heterocycles. The Hall–Kier alpha value is -2.43. The molecular formula is C21H24N2O3. The van der Waals surface area contributed by atoms with Crippen LogP contribution in [-0.2, 0) is 20.8 Å². The van der Waals surface area contributed by atoms with Crippen LogP contribution < -0.4 is 5.32 Å². The summed E-state index contributed by atoms with van der Waals surface area (Å²) in [6, 6.07) is 8.80. The first-order chi connectivity index (χ1) is 12.6. The molecule has 1 saturated carbocycles. The third-order valence-corrected chi connectivity index (χ3v) is 6.03. The fraction of sp³-hybridized carbons (Fsp3) is 0.476. The monoisotopic (exact) mass is 352 g/mol. The molecule has 3 aliphatic carbocycles. The number of hydrogen-bond acceptors (Lipinski definition) is 3. The second kappa shape index (κ2) is 6.71. The minimum absolute atomic E-state index is 0.137. The van der Waals surface area contributed by atoms with Gasteiger partial charge in [0.05, 0.1) is 11.8 Å². The number of allylic oxidation sites excluding steroid dienone is 2. The second-order valence-corrected chi connectivity index (χ2v) is 7.49. The first kappa shape index (κ1) is 17.0. The molecule has 5 heteroatoms. The van der Waals surface area contributed by atoms with Crippen molar-refractivity contribution in [2.75, 3.05) is 6.54 Å². The molecule has 1 heterocycles. The second-order valence-electron chi connectivity index (χ2n) is 7.49. The zero-order chi connectivity index (χ0) is 18.3. The molecule has 2 bridgehead atoms. The van der Waals surface area contributed by atoms with Crippen LogP contribution in [0.4, 0.5) is 0 Å². The lowest BCUT2D eigenvalue weighted by Crippen LogP contribution is -2.51. The number of hydrogen-bond donors (Lipinski definition) is 1. The highest BCUT2D eigenvalue weighted by molar-refractivity contribution is 6.09. The molecule has 136 valence electrons. The highest BCUT2D eigenvalue weighted by Gasteiger charge is 2.58. The normalized spacial score (nSPS) is 30.4. The van der Waals surface area contributed by atoms with Crippen molar-refractivity contribution >= 4 is 17.7 Å². The Bertz CT molecular complexity index is 726. The van der Waals surface area contributed by atoms with E-state index in [2.05, 4.69) is 17.5 Å². The standard InChI is InChI=1S/C21H24N2O3/c1-2-22-19(24)16(12-13-6-4-3-5-7-13)23-20(25)17-14-8-9-15(11-10-14)18(17)21(23)26/h3-9,14-18H,2,10-12H2,1H3,(H,22,24). The minimum Gasteiger partial charge on any atom is -0.355 e. The molecule has 0 spiro atoms. The number of carbonyl (C=O) groups is 3. The van der Waals surface area contributed by atoms with E-state index in [1.54, 1.807) is 0 Å². The number of fused-ring (bicyclic) bond motifs is 1. The number of rotatable bonds is 5. The van der Waals surface area contributed by atoms with E-state index < -0.39 is 6.04 Å². The van der Waals surface area contributed by atoms with Crippen molar-refractivity contribution in [3.8, 4) is 0 Å². The van der Waals surface area contributed by atoms with E-state index in [0.717, 1.165) is 18.4 Å². The summed E-state index contributed by atoms with van der Waals surface area (Å²) < 4.78 is 0. The number of benzene rings is 1. The Morgan fingerprint density at radius 2 is 1.65 bits per heavy atom. The lowest BCUT2D eigenvalue weighted by atomic mass is 9.63. The number of likely N-dealkylation sites (tertiary alicyclic amines) is 1. The molecule has 2 fully saturated rings. The highest BCUT2D eigenvalue weighted by Crippen LogP contribution is 2.50. The van der Waals surface area contributed by atoms with E-state index in [1.807, 2.05) is 37.3 Å². The van der Waals surface area contributed by atoms with Crippen LogP contribution >= 0.6 is 0 Å². The van der Waals surface area contributed by atoms with Crippen LogP contribution in [0, 0.1) is 23.7 Å². The van der Waals surface area contributed by atoms with Crippen molar-refractivity contribution in [2.45, 2.75) is 32.2 Å². The van der Waals surface area contributed by atoms with Crippen molar-refractivity contribution in [2.24, 2.45) is 23.7 Å². The molecule has 5 nitrogen and oxygen atoms in total. The van der Waals surface area contributed by atoms with E-state index in [9.17, 15) is 14.4 Å². The van der Waals surface area contributed by atoms with Gasteiger partial charge >= 0.3 is 0 Å². The molecule has 5 unspecified atom stereocenters. The SMILES string of the molecule is CCNC(=O)C(Cc1ccccc1)N1C(=O)C2C3C=CC(CC3)C2C1=O. The van der Waals surface area contributed by atoms with Gasteiger partial charge in [-0.05, 0) is 37.2 Å². The average molecular weight is 352 g/mol. The molecule has 1 aliphatic heterocycles. The smallest absolute Gasteiger partial charge is 0.243 e. The number of carbonyl (C=O) groups excluding carboxylic acids is 3. The fourth-order valence-corrected chi connectivity index (χ4v) is 4.84. The van der Waals surface area contributed by atoms with Gasteiger partial charge in [-0.1, -0.05) is 42.5 Å². The lowest BCUT2D eigenvalue weighted by molar-refractivity contribution is -0.148. The third-order valence-electron chi connectivity index (χ3n) is 6.03. The van der Waals surface area contributed by atoms with Crippen molar-refractivity contribution in [3.63, 3.8) is 0 Å². The summed E-state index contributed by atoms with van der Waals surface area (Å²) in [5, 5.41) is 2.80. The molecule has 1 aromatic carbocycles. The molecule has 4 aliphatic rings. The molecule has 3 amide bonds. The molecule has 1 N–H and O–H groups in total. The molecule has 26 heavy (non-hydrogen) atoms. The van der Waals surface area contributed by atoms with E-state index in [1.165, 1.54) is 4.90 Å². The summed E-state index contributed by atoms with van der Waals surface area (Å²) in [5.74, 6) is -0.858. The summed E-state index contributed by atoms with van der Waals surface area (Å²) in [6.07, 6.45) is 6.47. The fourth-order valence-electron chi connectivity index (χ4n) is 4.84. The Labute approximate surface area is 153 Å². The quantitative estimate of drug-likeness (QED) is 0.650. The molecule has 5 atom stereocenters. The van der Waals surface area contributed by atoms with E-state index in [0.29, 0.717) is 13.0 Å². The van der Waals surface area contributed by atoms with Gasteiger partial charge in [-0.3, -0.25) is 19.3 Å². The maximum absolute atomic E-state index is 13.2. The van der Waals surface area contributed by atoms with Gasteiger partial charge in [0.2, 0.25) is 17.7 Å². The number of imide groups is 1. The highest BCUT2D eigenvalue weighted by atomic mass is 16.2. The van der Waals surface area contributed by atoms with Gasteiger partial charge in [-0.2, -0.15) is 0 Å². The van der Waals surface area contributed by atoms with Crippen molar-refractivity contribution in [3.05, 3.63) is 48.0 Å². The topological polar surface area (TPSA) is 66.5 Å². The van der Waals surface area contributed by atoms with Crippen LogP contribution in [0.15, 0.2) is 42.5 Å². The van der Waals surface area contributed by atoms with Crippen molar-refractivity contribution in [1.82, 2.24) is 10.2 Å². The maximum atomic E-state index is 13.2. The number of likely N-dealkylation sites (N-methyl/N-ethyl adjacent to an activating group) is 1. The molecule has 5 rings (SSSR count). The van der Waals surface area contributed by atoms with Crippen LogP contribution in [0.2, 0.25) is 0 Å². The van der Waals surface area contributed by atoms with Gasteiger partial charge in [0.25, 0.3) is 0 Å². The van der Waals surface area contributed by atoms with Crippen LogP contribution in [0.5, 0.6) is 0 Å². The zero-order valence-electron chi connectivity index (χ0n) is 14.9. The van der Waals surface area contributed by atoms with Gasteiger partial charge in [0, 0.05) is 13.0 Å². The third kappa shape index (κ3) is 2.66. The van der Waals surface area contributed by atoms with Crippen LogP contribution in [0.25, 0.3) is 0 Å². The van der Waals surface area contributed by atoms with Gasteiger partial charge < -0.3 is 5.32 Å². The van der Waals surface area contributed by atoms with Crippen LogP contribution in [0.3, 0.4) is 0 Å². The molecule has 0 radical (unpaired) electrons. The predicted molar refractivity (Wildman–Crippen MR) is 96.8 cm³/mol. The number of nitrogens with zero attached hydrogens (tertiary/aromatic N) is 1. The molecular weight excluding hydrogens is 328 g/mol. The lowest BCUT2D eigenvalue weighted by Gasteiger charge is -2.38. The largest absolute Gasteiger partial charge is 0.355 e.